The molecule has 2 heterocycles. The summed E-state index contributed by atoms with van der Waals surface area (Å²) in [6.45, 7) is 2.03. The standard InChI is InChI=1S/C12H16IN3O5S/c1-2-22-12(20)14-4-8-7(17)3-9(21-8)16-5-6(13)10(18)15-11(16)19/h5,7-9,17H,2-4H2,1H3,(H,14,20)(H,15,18,19)/t7-,8+,9+/m0/s1. The molecule has 1 saturated heterocycles. The number of hydrogen-bond acceptors (Lipinski definition) is 6. The van der Waals surface area contributed by atoms with Crippen LogP contribution in [0.25, 0.3) is 0 Å². The minimum absolute atomic E-state index is 0.165. The number of nitrogens with zero attached hydrogens (tertiary/aromatic N) is 1. The Morgan fingerprint density at radius 3 is 3.05 bits per heavy atom. The van der Waals surface area contributed by atoms with Gasteiger partial charge < -0.3 is 15.2 Å². The Labute approximate surface area is 143 Å². The number of aliphatic hydroxyl groups is 1. The first-order chi connectivity index (χ1) is 10.4. The lowest BCUT2D eigenvalue weighted by molar-refractivity contribution is -0.0177. The molecule has 1 aromatic rings. The van der Waals surface area contributed by atoms with Crippen molar-refractivity contribution < 1.29 is 14.6 Å². The highest BCUT2D eigenvalue weighted by Crippen LogP contribution is 2.27. The van der Waals surface area contributed by atoms with Gasteiger partial charge in [-0.2, -0.15) is 0 Å². The van der Waals surface area contributed by atoms with Gasteiger partial charge in [0.2, 0.25) is 0 Å². The molecule has 2 rings (SSSR count). The molecule has 3 N–H and O–H groups in total. The Morgan fingerprint density at radius 2 is 2.36 bits per heavy atom. The fourth-order valence-corrected chi connectivity index (χ4v) is 2.99. The number of carbonyl (C=O) groups is 1. The van der Waals surface area contributed by atoms with Crippen molar-refractivity contribution in [1.82, 2.24) is 14.9 Å². The molecule has 122 valence electrons. The molecule has 22 heavy (non-hydrogen) atoms. The van der Waals surface area contributed by atoms with Gasteiger partial charge in [-0.25, -0.2) is 4.79 Å². The first kappa shape index (κ1) is 17.5. The van der Waals surface area contributed by atoms with Crippen LogP contribution in [-0.4, -0.2) is 44.4 Å². The molecule has 0 bridgehead atoms. The number of aromatic amines is 1. The van der Waals surface area contributed by atoms with Crippen molar-refractivity contribution >= 4 is 39.6 Å². The topological polar surface area (TPSA) is 113 Å². The monoisotopic (exact) mass is 441 g/mol. The number of aromatic nitrogens is 2. The number of nitrogens with one attached hydrogen (secondary N) is 2. The fraction of sp³-hybridized carbons (Fsp3) is 0.583. The lowest BCUT2D eigenvalue weighted by atomic mass is 10.2. The number of thioether (sulfide) groups is 1. The maximum absolute atomic E-state index is 11.8. The van der Waals surface area contributed by atoms with Crippen LogP contribution < -0.4 is 16.6 Å². The van der Waals surface area contributed by atoms with E-state index in [9.17, 15) is 19.5 Å². The first-order valence-electron chi connectivity index (χ1n) is 6.67. The van der Waals surface area contributed by atoms with Crippen molar-refractivity contribution in [3.8, 4) is 0 Å². The van der Waals surface area contributed by atoms with Crippen LogP contribution in [0.4, 0.5) is 4.79 Å². The second kappa shape index (κ2) is 7.62. The summed E-state index contributed by atoms with van der Waals surface area (Å²) >= 11 is 2.95. The Balaban J connectivity index is 2.04. The van der Waals surface area contributed by atoms with Crippen molar-refractivity contribution in [2.24, 2.45) is 0 Å². The van der Waals surface area contributed by atoms with Crippen LogP contribution in [0.2, 0.25) is 0 Å². The molecule has 0 spiro atoms. The molecule has 1 aliphatic heterocycles. The summed E-state index contributed by atoms with van der Waals surface area (Å²) in [5, 5.41) is 12.5. The zero-order valence-corrected chi connectivity index (χ0v) is 14.7. The van der Waals surface area contributed by atoms with Gasteiger partial charge in [0, 0.05) is 19.2 Å². The van der Waals surface area contributed by atoms with E-state index in [0.29, 0.717) is 9.32 Å². The number of ether oxygens (including phenoxy) is 1. The van der Waals surface area contributed by atoms with Gasteiger partial charge in [-0.05, 0) is 28.3 Å². The van der Waals surface area contributed by atoms with Gasteiger partial charge in [0.15, 0.2) is 0 Å². The summed E-state index contributed by atoms with van der Waals surface area (Å²) in [4.78, 5) is 36.8. The van der Waals surface area contributed by atoms with E-state index < -0.39 is 29.7 Å². The van der Waals surface area contributed by atoms with Crippen molar-refractivity contribution in [3.05, 3.63) is 30.6 Å². The van der Waals surface area contributed by atoms with Crippen molar-refractivity contribution in [3.63, 3.8) is 0 Å². The third kappa shape index (κ3) is 4.12. The maximum Gasteiger partial charge on any atom is 0.330 e. The minimum atomic E-state index is -0.798. The second-order valence-corrected chi connectivity index (χ2v) is 7.08. The van der Waals surface area contributed by atoms with Crippen LogP contribution in [-0.2, 0) is 4.74 Å². The fourth-order valence-electron chi connectivity index (χ4n) is 2.11. The predicted octanol–water partition coefficient (Wildman–Crippen LogP) is 0.252. The van der Waals surface area contributed by atoms with Crippen LogP contribution >= 0.6 is 34.4 Å². The van der Waals surface area contributed by atoms with Gasteiger partial charge in [-0.3, -0.25) is 19.1 Å². The molecule has 0 unspecified atom stereocenters. The largest absolute Gasteiger partial charge is 0.390 e. The van der Waals surface area contributed by atoms with Crippen molar-refractivity contribution in [2.45, 2.75) is 31.8 Å². The normalized spacial score (nSPS) is 24.4. The smallest absolute Gasteiger partial charge is 0.330 e. The third-order valence-electron chi connectivity index (χ3n) is 3.16. The van der Waals surface area contributed by atoms with Crippen LogP contribution in [0.15, 0.2) is 15.8 Å². The third-order valence-corrected chi connectivity index (χ3v) is 4.63. The van der Waals surface area contributed by atoms with E-state index in [2.05, 4.69) is 10.3 Å². The van der Waals surface area contributed by atoms with E-state index in [-0.39, 0.29) is 18.2 Å². The van der Waals surface area contributed by atoms with E-state index in [4.69, 9.17) is 4.74 Å². The van der Waals surface area contributed by atoms with Gasteiger partial charge in [0.1, 0.15) is 12.3 Å². The Bertz CT molecular complexity index is 661. The molecule has 0 saturated carbocycles. The van der Waals surface area contributed by atoms with Crippen LogP contribution in [0.3, 0.4) is 0 Å². The second-order valence-electron chi connectivity index (χ2n) is 4.68. The average Bonchev–Trinajstić information content (AvgIpc) is 2.82. The van der Waals surface area contributed by atoms with Crippen LogP contribution in [0.1, 0.15) is 19.6 Å². The van der Waals surface area contributed by atoms with Gasteiger partial charge in [-0.15, -0.1) is 0 Å². The maximum atomic E-state index is 11.8. The molecule has 1 fully saturated rings. The van der Waals surface area contributed by atoms with Gasteiger partial charge >= 0.3 is 5.69 Å². The van der Waals surface area contributed by atoms with E-state index in [1.54, 1.807) is 0 Å². The number of carbonyl (C=O) groups excluding carboxylic acids is 1. The molecule has 0 aliphatic carbocycles. The van der Waals surface area contributed by atoms with Gasteiger partial charge in [0.05, 0.1) is 9.67 Å². The molecule has 1 aliphatic rings. The molecule has 1 aromatic heterocycles. The Morgan fingerprint density at radius 1 is 1.64 bits per heavy atom. The summed E-state index contributed by atoms with van der Waals surface area (Å²) in [6, 6.07) is 0. The van der Waals surface area contributed by atoms with Gasteiger partial charge in [-0.1, -0.05) is 18.7 Å². The Hall–Kier alpha value is -0.850. The highest BCUT2D eigenvalue weighted by Gasteiger charge is 2.35. The number of rotatable bonds is 4. The summed E-state index contributed by atoms with van der Waals surface area (Å²) in [7, 11) is 0. The lowest BCUT2D eigenvalue weighted by Crippen LogP contribution is -2.36. The number of hydrogen-bond donors (Lipinski definition) is 3. The molecule has 1 amide bonds. The minimum Gasteiger partial charge on any atom is -0.390 e. The highest BCUT2D eigenvalue weighted by atomic mass is 127. The van der Waals surface area contributed by atoms with Crippen molar-refractivity contribution in [1.29, 1.82) is 0 Å². The van der Waals surface area contributed by atoms with E-state index in [0.717, 1.165) is 11.8 Å². The quantitative estimate of drug-likeness (QED) is 0.578. The molecule has 0 aromatic carbocycles. The Kier molecular flexibility index (Phi) is 6.06. The van der Waals surface area contributed by atoms with E-state index in [1.807, 2.05) is 29.5 Å². The first-order valence-corrected chi connectivity index (χ1v) is 8.74. The molecule has 3 atom stereocenters. The summed E-state index contributed by atoms with van der Waals surface area (Å²) in [5.74, 6) is 0.660. The predicted molar refractivity (Wildman–Crippen MR) is 90.1 cm³/mol. The molecular formula is C12H16IN3O5S. The van der Waals surface area contributed by atoms with Crippen LogP contribution in [0, 0.1) is 3.57 Å². The molecule has 10 heteroatoms. The average molecular weight is 441 g/mol. The molecule has 0 radical (unpaired) electrons. The van der Waals surface area contributed by atoms with Crippen LogP contribution in [0.5, 0.6) is 0 Å². The summed E-state index contributed by atoms with van der Waals surface area (Å²) in [5.41, 5.74) is -1.05. The molecule has 8 nitrogen and oxygen atoms in total. The number of halogens is 1. The number of amides is 1. The zero-order valence-electron chi connectivity index (χ0n) is 11.7. The SMILES string of the molecule is CCSC(=O)NC[C@H]1O[C@@H](n2cc(I)c(=O)[nH]c2=O)C[C@@H]1O. The highest BCUT2D eigenvalue weighted by molar-refractivity contribution is 14.1. The number of H-pyrrole nitrogens is 1. The summed E-state index contributed by atoms with van der Waals surface area (Å²) in [6.07, 6.45) is -0.457. The van der Waals surface area contributed by atoms with E-state index >= 15 is 0 Å². The van der Waals surface area contributed by atoms with Gasteiger partial charge in [0.25, 0.3) is 10.8 Å². The zero-order chi connectivity index (χ0) is 16.3. The summed E-state index contributed by atoms with van der Waals surface area (Å²) < 4.78 is 7.23. The number of aliphatic hydroxyl groups excluding tert-OH is 1. The van der Waals surface area contributed by atoms with E-state index in [1.165, 1.54) is 10.8 Å². The lowest BCUT2D eigenvalue weighted by Gasteiger charge is -2.16. The van der Waals surface area contributed by atoms with Crippen molar-refractivity contribution in [2.75, 3.05) is 12.3 Å². The molecular weight excluding hydrogens is 425 g/mol.